The van der Waals surface area contributed by atoms with Crippen molar-refractivity contribution >= 4 is 15.8 Å². The topological polar surface area (TPSA) is 60.4 Å². The maximum Gasteiger partial charge on any atom is 0.324 e. The molecule has 0 aliphatic carbocycles. The summed E-state index contributed by atoms with van der Waals surface area (Å²) in [6.07, 6.45) is 5.61. The number of hydrogen-bond acceptors (Lipinski definition) is 4. The Hall–Kier alpha value is -0.840. The van der Waals surface area contributed by atoms with Gasteiger partial charge in [-0.2, -0.15) is 0 Å². The van der Waals surface area contributed by atoms with E-state index in [1.165, 1.54) is 0 Å². The zero-order valence-electron chi connectivity index (χ0n) is 12.6. The highest BCUT2D eigenvalue weighted by Gasteiger charge is 2.41. The molecule has 0 bridgehead atoms. The number of allylic oxidation sites excluding steroid dienone is 2. The first-order chi connectivity index (χ1) is 8.68. The third-order valence-electron chi connectivity index (χ3n) is 2.78. The van der Waals surface area contributed by atoms with Gasteiger partial charge in [-0.15, -0.1) is 0 Å². The number of carbonyl (C=O) groups is 1. The fourth-order valence-electron chi connectivity index (χ4n) is 1.59. The molecular weight excluding hydrogens is 264 g/mol. The molecule has 0 saturated carbocycles. The fraction of sp³-hybridized carbons (Fsp3) is 0.786. The lowest BCUT2D eigenvalue weighted by atomic mass is 10.2. The molecule has 1 atom stereocenters. The van der Waals surface area contributed by atoms with Crippen LogP contribution in [0, 0.1) is 0 Å². The van der Waals surface area contributed by atoms with Crippen LogP contribution in [0.2, 0.25) is 0 Å². The Balaban J connectivity index is 5.08. The molecule has 0 aromatic rings. The van der Waals surface area contributed by atoms with Crippen molar-refractivity contribution in [2.24, 2.45) is 0 Å². The zero-order chi connectivity index (χ0) is 15.1. The van der Waals surface area contributed by atoms with Crippen molar-refractivity contribution in [1.82, 2.24) is 0 Å². The summed E-state index contributed by atoms with van der Waals surface area (Å²) in [5.41, 5.74) is 0. The maximum absolute atomic E-state index is 12.4. The molecule has 0 radical (unpaired) electrons. The second-order valence-corrected chi connectivity index (χ2v) is 8.24. The highest BCUT2D eigenvalue weighted by molar-refractivity contribution is 7.94. The van der Waals surface area contributed by atoms with E-state index in [9.17, 15) is 13.2 Å². The van der Waals surface area contributed by atoms with Crippen molar-refractivity contribution in [1.29, 1.82) is 0 Å². The number of carbonyl (C=O) groups excluding carboxylic acids is 1. The van der Waals surface area contributed by atoms with Gasteiger partial charge in [-0.05, 0) is 47.0 Å². The Bertz CT molecular complexity index is 402. The van der Waals surface area contributed by atoms with E-state index in [-0.39, 0.29) is 13.0 Å². The van der Waals surface area contributed by atoms with Crippen molar-refractivity contribution in [3.05, 3.63) is 12.2 Å². The van der Waals surface area contributed by atoms with Crippen LogP contribution in [-0.2, 0) is 19.4 Å². The molecular formula is C14H26O4S. The molecule has 4 nitrogen and oxygen atoms in total. The minimum atomic E-state index is -3.56. The van der Waals surface area contributed by atoms with Crippen LogP contribution in [-0.4, -0.2) is 31.0 Å². The average molecular weight is 290 g/mol. The van der Waals surface area contributed by atoms with Crippen LogP contribution >= 0.6 is 0 Å². The lowest BCUT2D eigenvalue weighted by Gasteiger charge is -2.25. The third-order valence-corrected chi connectivity index (χ3v) is 5.66. The highest BCUT2D eigenvalue weighted by Crippen LogP contribution is 2.24. The highest BCUT2D eigenvalue weighted by atomic mass is 32.2. The van der Waals surface area contributed by atoms with Crippen LogP contribution in [0.3, 0.4) is 0 Å². The first-order valence-corrected chi connectivity index (χ1v) is 8.28. The van der Waals surface area contributed by atoms with Gasteiger partial charge in [0.2, 0.25) is 0 Å². The van der Waals surface area contributed by atoms with Crippen molar-refractivity contribution < 1.29 is 17.9 Å². The summed E-state index contributed by atoms with van der Waals surface area (Å²) in [5, 5.41) is -1.08. The van der Waals surface area contributed by atoms with Gasteiger partial charge in [-0.25, -0.2) is 8.42 Å². The molecule has 0 aromatic heterocycles. The molecule has 0 rings (SSSR count). The summed E-state index contributed by atoms with van der Waals surface area (Å²) in [7, 11) is -3.56. The standard InChI is InChI=1S/C14H26O4S/c1-6-8-9-10-11-12(13(15)18-7-2)19(16,17)14(3,4)5/h8-9,12H,6-7,10-11H2,1-5H3. The summed E-state index contributed by atoms with van der Waals surface area (Å²) in [5.74, 6) is -0.637. The van der Waals surface area contributed by atoms with Gasteiger partial charge in [0.15, 0.2) is 15.1 Å². The first-order valence-electron chi connectivity index (χ1n) is 6.73. The van der Waals surface area contributed by atoms with Gasteiger partial charge in [-0.1, -0.05) is 19.1 Å². The van der Waals surface area contributed by atoms with E-state index >= 15 is 0 Å². The van der Waals surface area contributed by atoms with Gasteiger partial charge in [0.25, 0.3) is 0 Å². The normalized spacial score (nSPS) is 14.6. The van der Waals surface area contributed by atoms with E-state index in [4.69, 9.17) is 4.74 Å². The summed E-state index contributed by atoms with van der Waals surface area (Å²) in [6.45, 7) is 8.70. The van der Waals surface area contributed by atoms with Gasteiger partial charge < -0.3 is 4.74 Å². The number of sulfone groups is 1. The lowest BCUT2D eigenvalue weighted by Crippen LogP contribution is -2.42. The molecule has 0 heterocycles. The number of ether oxygens (including phenoxy) is 1. The fourth-order valence-corrected chi connectivity index (χ4v) is 3.22. The Kier molecular flexibility index (Phi) is 7.34. The molecule has 1 unspecified atom stereocenters. The van der Waals surface area contributed by atoms with Crippen molar-refractivity contribution in [2.45, 2.75) is 63.9 Å². The van der Waals surface area contributed by atoms with E-state index in [0.717, 1.165) is 6.42 Å². The van der Waals surface area contributed by atoms with Gasteiger partial charge in [0.1, 0.15) is 0 Å². The quantitative estimate of drug-likeness (QED) is 0.534. The summed E-state index contributed by atoms with van der Waals surface area (Å²) < 4.78 is 28.8. The summed E-state index contributed by atoms with van der Waals surface area (Å²) in [6, 6.07) is 0. The molecule has 5 heteroatoms. The molecule has 0 saturated heterocycles. The lowest BCUT2D eigenvalue weighted by molar-refractivity contribution is -0.142. The Morgan fingerprint density at radius 3 is 2.21 bits per heavy atom. The molecule has 0 aromatic carbocycles. The van der Waals surface area contributed by atoms with E-state index in [1.54, 1.807) is 27.7 Å². The molecule has 0 aliphatic heterocycles. The number of rotatable bonds is 7. The number of hydrogen-bond donors (Lipinski definition) is 0. The monoisotopic (exact) mass is 290 g/mol. The SMILES string of the molecule is CCC=CCCC(C(=O)OCC)S(=O)(=O)C(C)(C)C. The predicted octanol–water partition coefficient (Wildman–Crippen LogP) is 2.88. The van der Waals surface area contributed by atoms with Gasteiger partial charge in [-0.3, -0.25) is 4.79 Å². The van der Waals surface area contributed by atoms with Crippen molar-refractivity contribution in [3.8, 4) is 0 Å². The second-order valence-electron chi connectivity index (χ2n) is 5.36. The minimum Gasteiger partial charge on any atom is -0.465 e. The molecule has 0 N–H and O–H groups in total. The molecule has 0 spiro atoms. The largest absolute Gasteiger partial charge is 0.465 e. The second kappa shape index (κ2) is 7.68. The average Bonchev–Trinajstić information content (AvgIpc) is 2.27. The van der Waals surface area contributed by atoms with E-state index in [1.807, 2.05) is 19.1 Å². The van der Waals surface area contributed by atoms with Gasteiger partial charge in [0, 0.05) is 0 Å². The van der Waals surface area contributed by atoms with E-state index in [2.05, 4.69) is 0 Å². The smallest absolute Gasteiger partial charge is 0.324 e. The van der Waals surface area contributed by atoms with Crippen LogP contribution < -0.4 is 0 Å². The Morgan fingerprint density at radius 2 is 1.79 bits per heavy atom. The van der Waals surface area contributed by atoms with Crippen LogP contribution in [0.4, 0.5) is 0 Å². The molecule has 112 valence electrons. The van der Waals surface area contributed by atoms with Crippen LogP contribution in [0.25, 0.3) is 0 Å². The van der Waals surface area contributed by atoms with E-state index in [0.29, 0.717) is 6.42 Å². The van der Waals surface area contributed by atoms with Crippen LogP contribution in [0.5, 0.6) is 0 Å². The van der Waals surface area contributed by atoms with Gasteiger partial charge >= 0.3 is 5.97 Å². The van der Waals surface area contributed by atoms with Crippen molar-refractivity contribution in [3.63, 3.8) is 0 Å². The van der Waals surface area contributed by atoms with Crippen LogP contribution in [0.1, 0.15) is 53.9 Å². The zero-order valence-corrected chi connectivity index (χ0v) is 13.4. The van der Waals surface area contributed by atoms with Crippen molar-refractivity contribution in [2.75, 3.05) is 6.61 Å². The summed E-state index contributed by atoms with van der Waals surface area (Å²) >= 11 is 0. The summed E-state index contributed by atoms with van der Waals surface area (Å²) in [4.78, 5) is 11.9. The third kappa shape index (κ3) is 5.35. The Labute approximate surface area is 117 Å². The molecule has 0 aliphatic rings. The molecule has 0 amide bonds. The molecule has 0 fully saturated rings. The van der Waals surface area contributed by atoms with Gasteiger partial charge in [0.05, 0.1) is 11.4 Å². The molecule has 19 heavy (non-hydrogen) atoms. The number of esters is 1. The first kappa shape index (κ1) is 18.2. The maximum atomic E-state index is 12.4. The minimum absolute atomic E-state index is 0.194. The Morgan fingerprint density at radius 1 is 1.21 bits per heavy atom. The van der Waals surface area contributed by atoms with Crippen LogP contribution in [0.15, 0.2) is 12.2 Å². The van der Waals surface area contributed by atoms with E-state index < -0.39 is 25.8 Å². The predicted molar refractivity (Wildman–Crippen MR) is 77.8 cm³/mol.